The predicted octanol–water partition coefficient (Wildman–Crippen LogP) is 2.18. The molecule has 0 fully saturated rings. The van der Waals surface area contributed by atoms with Gasteiger partial charge < -0.3 is 9.90 Å². The molecule has 0 saturated carbocycles. The van der Waals surface area contributed by atoms with Crippen molar-refractivity contribution in [2.75, 3.05) is 4.72 Å². The number of nitrogens with one attached hydrogen (secondary N) is 1. The van der Waals surface area contributed by atoms with E-state index in [9.17, 15) is 31.5 Å². The number of aryl methyl sites for hydroxylation is 1. The van der Waals surface area contributed by atoms with E-state index in [4.69, 9.17) is 0 Å². The highest BCUT2D eigenvalue weighted by atomic mass is 32.2. The summed E-state index contributed by atoms with van der Waals surface area (Å²) in [5.74, 6) is -1.54. The Labute approximate surface area is 135 Å². The van der Waals surface area contributed by atoms with E-state index in [0.29, 0.717) is 11.6 Å². The Morgan fingerprint density at radius 1 is 1.12 bits per heavy atom. The molecule has 2 rings (SSSR count). The number of carbonyl (C=O) groups is 1. The largest absolute Gasteiger partial charge is 0.545 e. The van der Waals surface area contributed by atoms with E-state index in [1.807, 2.05) is 4.72 Å². The van der Waals surface area contributed by atoms with Crippen LogP contribution in [0.4, 0.5) is 18.9 Å². The standard InChI is InChI=1S/C15H12F3NO4S/c1-9-6-7-10(14(20)21)8-12(9)19-24(22,23)13-5-3-2-4-11(13)15(16,17)18/h2-8,19H,1H3,(H,20,21)/p-1. The molecule has 0 aliphatic carbocycles. The number of sulfonamides is 1. The highest BCUT2D eigenvalue weighted by Gasteiger charge is 2.37. The lowest BCUT2D eigenvalue weighted by atomic mass is 10.1. The van der Waals surface area contributed by atoms with Gasteiger partial charge in [0.25, 0.3) is 10.0 Å². The Hall–Kier alpha value is -2.55. The molecule has 0 unspecified atom stereocenters. The highest BCUT2D eigenvalue weighted by Crippen LogP contribution is 2.34. The van der Waals surface area contributed by atoms with E-state index in [1.165, 1.54) is 19.1 Å². The Kier molecular flexibility index (Phi) is 4.57. The number of hydrogen-bond donors (Lipinski definition) is 1. The van der Waals surface area contributed by atoms with Crippen LogP contribution in [0.5, 0.6) is 0 Å². The van der Waals surface area contributed by atoms with E-state index < -0.39 is 32.6 Å². The molecule has 0 bridgehead atoms. The van der Waals surface area contributed by atoms with Crippen molar-refractivity contribution >= 4 is 21.7 Å². The second-order valence-electron chi connectivity index (χ2n) is 4.92. The number of anilines is 1. The van der Waals surface area contributed by atoms with Gasteiger partial charge in [0.05, 0.1) is 22.1 Å². The molecule has 0 saturated heterocycles. The Morgan fingerprint density at radius 3 is 2.33 bits per heavy atom. The first-order chi connectivity index (χ1) is 11.0. The highest BCUT2D eigenvalue weighted by molar-refractivity contribution is 7.92. The first-order valence-electron chi connectivity index (χ1n) is 6.53. The summed E-state index contributed by atoms with van der Waals surface area (Å²) in [6, 6.07) is 7.21. The van der Waals surface area contributed by atoms with Gasteiger partial charge in [0.15, 0.2) is 0 Å². The Morgan fingerprint density at radius 2 is 1.75 bits per heavy atom. The fourth-order valence-corrected chi connectivity index (χ4v) is 3.34. The molecule has 128 valence electrons. The summed E-state index contributed by atoms with van der Waals surface area (Å²) in [7, 11) is -4.58. The zero-order chi connectivity index (χ0) is 18.1. The molecule has 0 aromatic heterocycles. The van der Waals surface area contributed by atoms with Crippen LogP contribution in [0.15, 0.2) is 47.4 Å². The minimum atomic E-state index is -4.85. The van der Waals surface area contributed by atoms with Gasteiger partial charge in [-0.05, 0) is 36.2 Å². The number of benzene rings is 2. The molecule has 0 aliphatic heterocycles. The smallest absolute Gasteiger partial charge is 0.417 e. The molecule has 0 heterocycles. The lowest BCUT2D eigenvalue weighted by molar-refractivity contribution is -0.255. The SMILES string of the molecule is Cc1ccc(C(=O)[O-])cc1NS(=O)(=O)c1ccccc1C(F)(F)F. The van der Waals surface area contributed by atoms with Gasteiger partial charge in [-0.1, -0.05) is 24.3 Å². The van der Waals surface area contributed by atoms with Gasteiger partial charge in [-0.2, -0.15) is 13.2 Å². The Balaban J connectivity index is 2.51. The average molecular weight is 358 g/mol. The molecule has 1 N–H and O–H groups in total. The van der Waals surface area contributed by atoms with Crippen molar-refractivity contribution in [3.8, 4) is 0 Å². The summed E-state index contributed by atoms with van der Waals surface area (Å²) in [5, 5.41) is 10.8. The Bertz CT molecular complexity index is 892. The van der Waals surface area contributed by atoms with E-state index in [0.717, 1.165) is 24.3 Å². The topological polar surface area (TPSA) is 86.3 Å². The number of hydrogen-bond acceptors (Lipinski definition) is 4. The van der Waals surface area contributed by atoms with Crippen LogP contribution >= 0.6 is 0 Å². The van der Waals surface area contributed by atoms with Crippen LogP contribution in [-0.2, 0) is 16.2 Å². The molecule has 0 aliphatic rings. The fraction of sp³-hybridized carbons (Fsp3) is 0.133. The maximum Gasteiger partial charge on any atom is 0.417 e. The van der Waals surface area contributed by atoms with Crippen LogP contribution in [0, 0.1) is 6.92 Å². The molecule has 24 heavy (non-hydrogen) atoms. The number of aromatic carboxylic acids is 1. The first-order valence-corrected chi connectivity index (χ1v) is 8.02. The van der Waals surface area contributed by atoms with Crippen molar-refractivity contribution in [1.29, 1.82) is 0 Å². The molecular weight excluding hydrogens is 347 g/mol. The summed E-state index contributed by atoms with van der Waals surface area (Å²) in [5.41, 5.74) is -1.42. The zero-order valence-corrected chi connectivity index (χ0v) is 13.0. The molecule has 9 heteroatoms. The third kappa shape index (κ3) is 3.67. The van der Waals surface area contributed by atoms with E-state index in [2.05, 4.69) is 0 Å². The molecule has 2 aromatic carbocycles. The molecule has 0 amide bonds. The van der Waals surface area contributed by atoms with Crippen molar-refractivity contribution < 1.29 is 31.5 Å². The van der Waals surface area contributed by atoms with Gasteiger partial charge in [0, 0.05) is 0 Å². The minimum Gasteiger partial charge on any atom is -0.545 e. The van der Waals surface area contributed by atoms with Crippen LogP contribution in [-0.4, -0.2) is 14.4 Å². The van der Waals surface area contributed by atoms with Gasteiger partial charge in [-0.25, -0.2) is 8.42 Å². The maximum atomic E-state index is 13.0. The van der Waals surface area contributed by atoms with Crippen LogP contribution in [0.1, 0.15) is 21.5 Å². The van der Waals surface area contributed by atoms with Gasteiger partial charge in [0.1, 0.15) is 0 Å². The van der Waals surface area contributed by atoms with Crippen LogP contribution in [0.2, 0.25) is 0 Å². The summed E-state index contributed by atoms with van der Waals surface area (Å²) >= 11 is 0. The lowest BCUT2D eigenvalue weighted by Crippen LogP contribution is -2.23. The van der Waals surface area contributed by atoms with Crippen LogP contribution in [0.3, 0.4) is 0 Å². The summed E-state index contributed by atoms with van der Waals surface area (Å²) in [6.07, 6.45) is -4.85. The molecule has 5 nitrogen and oxygen atoms in total. The van der Waals surface area contributed by atoms with E-state index >= 15 is 0 Å². The monoisotopic (exact) mass is 358 g/mol. The number of carbonyl (C=O) groups excluding carboxylic acids is 1. The molecule has 2 aromatic rings. The number of carboxylic acid groups (broad SMARTS) is 1. The molecular formula is C15H11F3NO4S-. The summed E-state index contributed by atoms with van der Waals surface area (Å²) < 4.78 is 65.6. The van der Waals surface area contributed by atoms with Gasteiger partial charge in [-0.15, -0.1) is 0 Å². The van der Waals surface area contributed by atoms with Crippen molar-refractivity contribution in [2.24, 2.45) is 0 Å². The maximum absolute atomic E-state index is 13.0. The quantitative estimate of drug-likeness (QED) is 0.908. The molecule has 0 atom stereocenters. The van der Waals surface area contributed by atoms with Gasteiger partial charge in [0.2, 0.25) is 0 Å². The first kappa shape index (κ1) is 17.8. The average Bonchev–Trinajstić information content (AvgIpc) is 2.48. The summed E-state index contributed by atoms with van der Waals surface area (Å²) in [4.78, 5) is 9.90. The van der Waals surface area contributed by atoms with Crippen molar-refractivity contribution in [2.45, 2.75) is 18.0 Å². The van der Waals surface area contributed by atoms with Crippen molar-refractivity contribution in [1.82, 2.24) is 0 Å². The van der Waals surface area contributed by atoms with Crippen LogP contribution < -0.4 is 9.83 Å². The zero-order valence-electron chi connectivity index (χ0n) is 12.2. The predicted molar refractivity (Wildman–Crippen MR) is 77.8 cm³/mol. The van der Waals surface area contributed by atoms with Crippen molar-refractivity contribution in [3.05, 3.63) is 59.2 Å². The third-order valence-corrected chi connectivity index (χ3v) is 4.62. The summed E-state index contributed by atoms with van der Waals surface area (Å²) in [6.45, 7) is 1.48. The normalized spacial score (nSPS) is 12.0. The number of carboxylic acids is 1. The number of alkyl halides is 3. The van der Waals surface area contributed by atoms with E-state index in [-0.39, 0.29) is 11.3 Å². The van der Waals surface area contributed by atoms with Crippen molar-refractivity contribution in [3.63, 3.8) is 0 Å². The number of rotatable bonds is 4. The van der Waals surface area contributed by atoms with Gasteiger partial charge >= 0.3 is 6.18 Å². The minimum absolute atomic E-state index is 0.145. The van der Waals surface area contributed by atoms with Gasteiger partial charge in [-0.3, -0.25) is 4.72 Å². The fourth-order valence-electron chi connectivity index (χ4n) is 1.99. The molecule has 0 spiro atoms. The lowest BCUT2D eigenvalue weighted by Gasteiger charge is -2.16. The second-order valence-corrected chi connectivity index (χ2v) is 6.57. The third-order valence-electron chi connectivity index (χ3n) is 3.20. The second kappa shape index (κ2) is 6.16. The van der Waals surface area contributed by atoms with Crippen LogP contribution in [0.25, 0.3) is 0 Å². The number of halogens is 3. The van der Waals surface area contributed by atoms with E-state index in [1.54, 1.807) is 0 Å². The molecule has 0 radical (unpaired) electrons.